The molecule has 5 nitrogen and oxygen atoms in total. The molecule has 1 aliphatic carbocycles. The number of hydrogen-bond acceptors (Lipinski definition) is 5. The molecule has 2 rings (SSSR count). The number of aromatic nitrogens is 3. The van der Waals surface area contributed by atoms with Gasteiger partial charge in [-0.2, -0.15) is 15.0 Å². The lowest BCUT2D eigenvalue weighted by Gasteiger charge is -2.10. The lowest BCUT2D eigenvalue weighted by Crippen LogP contribution is -2.15. The molecule has 1 aromatic heterocycles. The van der Waals surface area contributed by atoms with Crippen LogP contribution < -0.4 is 10.6 Å². The number of rotatable bonds is 5. The normalized spacial score (nSPS) is 16.9. The van der Waals surface area contributed by atoms with Gasteiger partial charge in [-0.1, -0.05) is 6.92 Å². The van der Waals surface area contributed by atoms with E-state index in [1.165, 1.54) is 12.8 Å². The minimum atomic E-state index is 0.217. The van der Waals surface area contributed by atoms with Gasteiger partial charge in [0.15, 0.2) is 0 Å². The van der Waals surface area contributed by atoms with Crippen molar-refractivity contribution in [1.82, 2.24) is 15.0 Å². The Labute approximate surface area is 100 Å². The first-order chi connectivity index (χ1) is 7.61. The van der Waals surface area contributed by atoms with E-state index in [0.29, 0.717) is 17.3 Å². The Balaban J connectivity index is 2.01. The minimum Gasteiger partial charge on any atom is -0.354 e. The highest BCUT2D eigenvalue weighted by Gasteiger charge is 2.36. The summed E-state index contributed by atoms with van der Waals surface area (Å²) in [5.41, 5.74) is 0.414. The minimum absolute atomic E-state index is 0.217. The van der Waals surface area contributed by atoms with Gasteiger partial charge in [0.2, 0.25) is 17.2 Å². The molecule has 1 aromatic rings. The van der Waals surface area contributed by atoms with Crippen LogP contribution >= 0.6 is 11.6 Å². The number of nitrogens with zero attached hydrogens (tertiary/aromatic N) is 3. The van der Waals surface area contributed by atoms with Crippen LogP contribution in [0.4, 0.5) is 11.9 Å². The van der Waals surface area contributed by atoms with Crippen LogP contribution in [0.15, 0.2) is 0 Å². The Kier molecular flexibility index (Phi) is 3.14. The van der Waals surface area contributed by atoms with E-state index in [0.717, 1.165) is 13.1 Å². The number of nitrogens with one attached hydrogen (secondary N) is 2. The topological polar surface area (TPSA) is 62.7 Å². The third kappa shape index (κ3) is 2.95. The quantitative estimate of drug-likeness (QED) is 0.827. The number of anilines is 2. The van der Waals surface area contributed by atoms with Crippen molar-refractivity contribution >= 4 is 23.5 Å². The fourth-order valence-electron chi connectivity index (χ4n) is 1.35. The van der Waals surface area contributed by atoms with E-state index in [1.807, 2.05) is 6.92 Å². The maximum absolute atomic E-state index is 5.81. The highest BCUT2D eigenvalue weighted by Crippen LogP contribution is 2.44. The second-order valence-corrected chi connectivity index (χ2v) is 4.78. The lowest BCUT2D eigenvalue weighted by molar-refractivity contribution is 0.607. The summed E-state index contributed by atoms with van der Waals surface area (Å²) >= 11 is 5.81. The van der Waals surface area contributed by atoms with Crippen molar-refractivity contribution in [2.45, 2.75) is 26.7 Å². The molecule has 0 bridgehead atoms. The zero-order valence-electron chi connectivity index (χ0n) is 9.55. The van der Waals surface area contributed by atoms with Gasteiger partial charge in [-0.25, -0.2) is 0 Å². The lowest BCUT2D eigenvalue weighted by atomic mass is 10.1. The van der Waals surface area contributed by atoms with E-state index in [1.54, 1.807) is 0 Å². The predicted molar refractivity (Wildman–Crippen MR) is 64.8 cm³/mol. The third-order valence-corrected chi connectivity index (χ3v) is 2.89. The average molecular weight is 242 g/mol. The van der Waals surface area contributed by atoms with Crippen LogP contribution in [0.25, 0.3) is 0 Å². The predicted octanol–water partition coefficient (Wildman–Crippen LogP) is 2.17. The fourth-order valence-corrected chi connectivity index (χ4v) is 1.51. The first-order valence-corrected chi connectivity index (χ1v) is 5.88. The summed E-state index contributed by atoms with van der Waals surface area (Å²) in [6, 6.07) is 0. The zero-order chi connectivity index (χ0) is 11.6. The summed E-state index contributed by atoms with van der Waals surface area (Å²) < 4.78 is 0. The van der Waals surface area contributed by atoms with Gasteiger partial charge in [0.1, 0.15) is 0 Å². The van der Waals surface area contributed by atoms with Crippen LogP contribution in [-0.2, 0) is 0 Å². The Bertz CT molecular complexity index is 377. The first kappa shape index (κ1) is 11.4. The smallest absolute Gasteiger partial charge is 0.228 e. The summed E-state index contributed by atoms with van der Waals surface area (Å²) in [5.74, 6) is 1.06. The van der Waals surface area contributed by atoms with Crippen LogP contribution in [0, 0.1) is 5.41 Å². The summed E-state index contributed by atoms with van der Waals surface area (Å²) in [4.78, 5) is 12.2. The Morgan fingerprint density at radius 2 is 1.81 bits per heavy atom. The van der Waals surface area contributed by atoms with Crippen LogP contribution in [0.1, 0.15) is 26.7 Å². The van der Waals surface area contributed by atoms with Gasteiger partial charge in [-0.15, -0.1) is 0 Å². The number of halogens is 1. The largest absolute Gasteiger partial charge is 0.354 e. The molecule has 0 unspecified atom stereocenters. The molecule has 16 heavy (non-hydrogen) atoms. The van der Waals surface area contributed by atoms with Crippen molar-refractivity contribution in [2.75, 3.05) is 23.7 Å². The molecule has 1 saturated carbocycles. The van der Waals surface area contributed by atoms with Crippen molar-refractivity contribution in [1.29, 1.82) is 0 Å². The van der Waals surface area contributed by atoms with Gasteiger partial charge >= 0.3 is 0 Å². The summed E-state index contributed by atoms with van der Waals surface area (Å²) in [5, 5.41) is 6.43. The molecular formula is C10H16ClN5. The van der Waals surface area contributed by atoms with Crippen molar-refractivity contribution < 1.29 is 0 Å². The molecule has 88 valence electrons. The fraction of sp³-hybridized carbons (Fsp3) is 0.700. The second-order valence-electron chi connectivity index (χ2n) is 4.45. The summed E-state index contributed by atoms with van der Waals surface area (Å²) in [6.45, 7) is 5.88. The summed E-state index contributed by atoms with van der Waals surface area (Å²) in [6.07, 6.45) is 2.53. The molecule has 0 aliphatic heterocycles. The maximum atomic E-state index is 5.81. The molecule has 1 heterocycles. The molecule has 0 spiro atoms. The highest BCUT2D eigenvalue weighted by molar-refractivity contribution is 6.28. The summed E-state index contributed by atoms with van der Waals surface area (Å²) in [7, 11) is 0. The zero-order valence-corrected chi connectivity index (χ0v) is 10.3. The first-order valence-electron chi connectivity index (χ1n) is 5.51. The molecule has 0 atom stereocenters. The average Bonchev–Trinajstić information content (AvgIpc) is 2.94. The molecule has 0 amide bonds. The van der Waals surface area contributed by atoms with Crippen molar-refractivity contribution in [3.63, 3.8) is 0 Å². The molecular weight excluding hydrogens is 226 g/mol. The van der Waals surface area contributed by atoms with Gasteiger partial charge in [0, 0.05) is 13.1 Å². The highest BCUT2D eigenvalue weighted by atomic mass is 35.5. The van der Waals surface area contributed by atoms with Gasteiger partial charge < -0.3 is 10.6 Å². The standard InChI is InChI=1S/C10H16ClN5/c1-3-12-8-14-7(11)15-9(16-8)13-6-10(2)4-5-10/h3-6H2,1-2H3,(H2,12,13,14,15,16). The SMILES string of the molecule is CCNc1nc(Cl)nc(NCC2(C)CC2)n1. The van der Waals surface area contributed by atoms with Gasteiger partial charge in [-0.05, 0) is 36.8 Å². The Morgan fingerprint density at radius 3 is 2.38 bits per heavy atom. The molecule has 1 fully saturated rings. The van der Waals surface area contributed by atoms with E-state index < -0.39 is 0 Å². The Hall–Kier alpha value is -1.10. The van der Waals surface area contributed by atoms with Crippen LogP contribution in [0.2, 0.25) is 5.28 Å². The Morgan fingerprint density at radius 1 is 1.19 bits per heavy atom. The third-order valence-electron chi connectivity index (χ3n) is 2.72. The van der Waals surface area contributed by atoms with Crippen molar-refractivity contribution in [2.24, 2.45) is 5.41 Å². The van der Waals surface area contributed by atoms with Crippen LogP contribution in [0.3, 0.4) is 0 Å². The maximum Gasteiger partial charge on any atom is 0.228 e. The van der Waals surface area contributed by atoms with E-state index >= 15 is 0 Å². The van der Waals surface area contributed by atoms with Gasteiger partial charge in [-0.3, -0.25) is 0 Å². The molecule has 0 radical (unpaired) electrons. The molecule has 1 aliphatic rings. The molecule has 0 saturated heterocycles. The molecule has 0 aromatic carbocycles. The van der Waals surface area contributed by atoms with Gasteiger partial charge in [0.25, 0.3) is 0 Å². The van der Waals surface area contributed by atoms with E-state index in [2.05, 4.69) is 32.5 Å². The van der Waals surface area contributed by atoms with Crippen molar-refractivity contribution in [3.8, 4) is 0 Å². The number of hydrogen-bond donors (Lipinski definition) is 2. The molecule has 2 N–H and O–H groups in total. The van der Waals surface area contributed by atoms with Gasteiger partial charge in [0.05, 0.1) is 0 Å². The second kappa shape index (κ2) is 4.41. The van der Waals surface area contributed by atoms with Crippen LogP contribution in [-0.4, -0.2) is 28.0 Å². The van der Waals surface area contributed by atoms with E-state index in [9.17, 15) is 0 Å². The van der Waals surface area contributed by atoms with E-state index in [4.69, 9.17) is 11.6 Å². The van der Waals surface area contributed by atoms with Crippen LogP contribution in [0.5, 0.6) is 0 Å². The van der Waals surface area contributed by atoms with E-state index in [-0.39, 0.29) is 5.28 Å². The van der Waals surface area contributed by atoms with Crippen molar-refractivity contribution in [3.05, 3.63) is 5.28 Å². The molecule has 6 heteroatoms. The monoisotopic (exact) mass is 241 g/mol.